The van der Waals surface area contributed by atoms with E-state index in [0.29, 0.717) is 15.9 Å². The summed E-state index contributed by atoms with van der Waals surface area (Å²) in [4.78, 5) is 0.0626. The maximum atomic E-state index is 12.6. The number of halogens is 1. The van der Waals surface area contributed by atoms with Gasteiger partial charge in [0.15, 0.2) is 9.84 Å². The molecule has 114 valence electrons. The Kier molecular flexibility index (Phi) is 4.29. The predicted octanol–water partition coefficient (Wildman–Crippen LogP) is 2.06. The van der Waals surface area contributed by atoms with Crippen molar-refractivity contribution >= 4 is 31.5 Å². The van der Waals surface area contributed by atoms with Crippen molar-refractivity contribution in [3.8, 4) is 5.75 Å². The molecule has 0 saturated heterocycles. The fraction of sp³-hybridized carbons (Fsp3) is 0.308. The number of nitrogens with two attached hydrogens (primary N) is 1. The molecule has 2 aromatic rings. The Bertz CT molecular complexity index is 784. The Morgan fingerprint density at radius 2 is 2.10 bits per heavy atom. The molecular weight excluding hydrogens is 358 g/mol. The summed E-state index contributed by atoms with van der Waals surface area (Å²) < 4.78 is 32.5. The highest BCUT2D eigenvalue weighted by Crippen LogP contribution is 2.29. The van der Waals surface area contributed by atoms with Gasteiger partial charge < -0.3 is 10.5 Å². The number of ether oxygens (including phenoxy) is 1. The second-order valence-electron chi connectivity index (χ2n) is 4.63. The van der Waals surface area contributed by atoms with Crippen molar-refractivity contribution in [3.05, 3.63) is 34.1 Å². The molecule has 21 heavy (non-hydrogen) atoms. The van der Waals surface area contributed by atoms with Gasteiger partial charge in [-0.3, -0.25) is 4.68 Å². The Morgan fingerprint density at radius 3 is 2.62 bits per heavy atom. The Balaban J connectivity index is 2.48. The first-order chi connectivity index (χ1) is 9.76. The summed E-state index contributed by atoms with van der Waals surface area (Å²) in [6.07, 6.45) is 0. The van der Waals surface area contributed by atoms with Crippen LogP contribution >= 0.6 is 15.9 Å². The number of nitrogen functional groups attached to an aromatic ring is 1. The molecule has 2 N–H and O–H groups in total. The molecule has 0 aliphatic heterocycles. The zero-order valence-electron chi connectivity index (χ0n) is 11.9. The van der Waals surface area contributed by atoms with Gasteiger partial charge in [0.1, 0.15) is 5.75 Å². The summed E-state index contributed by atoms with van der Waals surface area (Å²) in [6, 6.07) is 4.58. The van der Waals surface area contributed by atoms with E-state index < -0.39 is 9.84 Å². The largest absolute Gasteiger partial charge is 0.497 e. The van der Waals surface area contributed by atoms with Crippen LogP contribution in [0, 0.1) is 6.92 Å². The maximum Gasteiger partial charge on any atom is 0.186 e. The van der Waals surface area contributed by atoms with Crippen molar-refractivity contribution < 1.29 is 13.2 Å². The molecule has 8 heteroatoms. The summed E-state index contributed by atoms with van der Waals surface area (Å²) in [5, 5.41) is 4.19. The highest BCUT2D eigenvalue weighted by molar-refractivity contribution is 9.10. The average molecular weight is 374 g/mol. The Hall–Kier alpha value is -1.54. The number of anilines is 1. The van der Waals surface area contributed by atoms with Gasteiger partial charge >= 0.3 is 0 Å². The molecule has 6 nitrogen and oxygen atoms in total. The van der Waals surface area contributed by atoms with Crippen molar-refractivity contribution in [2.24, 2.45) is 7.05 Å². The second kappa shape index (κ2) is 5.69. The molecule has 2 rings (SSSR count). The van der Waals surface area contributed by atoms with E-state index in [4.69, 9.17) is 10.5 Å². The van der Waals surface area contributed by atoms with Gasteiger partial charge in [-0.05, 0) is 35.0 Å². The third kappa shape index (κ3) is 3.06. The molecule has 0 bridgehead atoms. The molecule has 0 aliphatic carbocycles. The van der Waals surface area contributed by atoms with Gasteiger partial charge in [-0.15, -0.1) is 0 Å². The minimum Gasteiger partial charge on any atom is -0.497 e. The van der Waals surface area contributed by atoms with Gasteiger partial charge in [-0.25, -0.2) is 8.42 Å². The number of aryl methyl sites for hydroxylation is 2. The zero-order valence-corrected chi connectivity index (χ0v) is 14.3. The lowest BCUT2D eigenvalue weighted by atomic mass is 10.3. The molecule has 0 aliphatic rings. The summed E-state index contributed by atoms with van der Waals surface area (Å²) in [6.45, 7) is 1.81. The molecule has 0 spiro atoms. The van der Waals surface area contributed by atoms with Crippen LogP contribution in [0.5, 0.6) is 5.75 Å². The third-order valence-electron chi connectivity index (χ3n) is 3.14. The third-order valence-corrected chi connectivity index (χ3v) is 5.85. The van der Waals surface area contributed by atoms with Crippen LogP contribution in [0.2, 0.25) is 0 Å². The van der Waals surface area contributed by atoms with E-state index in [1.54, 1.807) is 24.7 Å². The van der Waals surface area contributed by atoms with Gasteiger partial charge in [-0.1, -0.05) is 0 Å². The summed E-state index contributed by atoms with van der Waals surface area (Å²) >= 11 is 3.37. The van der Waals surface area contributed by atoms with E-state index in [0.717, 1.165) is 5.69 Å². The van der Waals surface area contributed by atoms with E-state index in [2.05, 4.69) is 21.0 Å². The predicted molar refractivity (Wildman–Crippen MR) is 83.9 cm³/mol. The van der Waals surface area contributed by atoms with E-state index >= 15 is 0 Å². The molecule has 1 aromatic carbocycles. The smallest absolute Gasteiger partial charge is 0.186 e. The standard InChI is InChI=1S/C13H16BrN3O3S/c1-8-13(14)11(17(2)16-8)7-21(18,19)12-6-9(20-3)4-5-10(12)15/h4-6H,7,15H2,1-3H3. The van der Waals surface area contributed by atoms with Gasteiger partial charge in [-0.2, -0.15) is 5.10 Å². The van der Waals surface area contributed by atoms with E-state index in [-0.39, 0.29) is 16.3 Å². The SMILES string of the molecule is COc1ccc(N)c(S(=O)(=O)Cc2c(Br)c(C)nn2C)c1. The molecule has 0 fully saturated rings. The number of nitrogens with zero attached hydrogens (tertiary/aromatic N) is 2. The quantitative estimate of drug-likeness (QED) is 0.828. The van der Waals surface area contributed by atoms with Crippen LogP contribution < -0.4 is 10.5 Å². The number of methoxy groups -OCH3 is 1. The molecule has 0 unspecified atom stereocenters. The second-order valence-corrected chi connectivity index (χ2v) is 7.38. The summed E-state index contributed by atoms with van der Waals surface area (Å²) in [7, 11) is -0.423. The van der Waals surface area contributed by atoms with E-state index in [1.165, 1.54) is 19.2 Å². The lowest BCUT2D eigenvalue weighted by Crippen LogP contribution is -2.11. The fourth-order valence-electron chi connectivity index (χ4n) is 2.01. The monoisotopic (exact) mass is 373 g/mol. The first kappa shape index (κ1) is 15.8. The van der Waals surface area contributed by atoms with Crippen molar-refractivity contribution in [2.45, 2.75) is 17.6 Å². The summed E-state index contributed by atoms with van der Waals surface area (Å²) in [5.41, 5.74) is 7.31. The molecule has 0 saturated carbocycles. The first-order valence-electron chi connectivity index (χ1n) is 6.10. The normalized spacial score (nSPS) is 11.6. The van der Waals surface area contributed by atoms with Gasteiger partial charge in [0.2, 0.25) is 0 Å². The van der Waals surface area contributed by atoms with Crippen molar-refractivity contribution in [2.75, 3.05) is 12.8 Å². The van der Waals surface area contributed by atoms with Crippen LogP contribution in [0.4, 0.5) is 5.69 Å². The van der Waals surface area contributed by atoms with Crippen LogP contribution in [-0.2, 0) is 22.6 Å². The highest BCUT2D eigenvalue weighted by atomic mass is 79.9. The van der Waals surface area contributed by atoms with E-state index in [1.807, 2.05) is 0 Å². The minimum atomic E-state index is -3.60. The maximum absolute atomic E-state index is 12.6. The van der Waals surface area contributed by atoms with Crippen LogP contribution in [0.15, 0.2) is 27.6 Å². The molecular formula is C13H16BrN3O3S. The van der Waals surface area contributed by atoms with E-state index in [9.17, 15) is 8.42 Å². The number of rotatable bonds is 4. The number of sulfone groups is 1. The zero-order chi connectivity index (χ0) is 15.8. The molecule has 0 atom stereocenters. The van der Waals surface area contributed by atoms with Gasteiger partial charge in [0.05, 0.1) is 39.3 Å². The Labute approximate surface area is 132 Å². The van der Waals surface area contributed by atoms with Crippen LogP contribution in [0.1, 0.15) is 11.4 Å². The molecule has 1 heterocycles. The minimum absolute atomic E-state index is 0.0626. The molecule has 0 amide bonds. The van der Waals surface area contributed by atoms with Crippen molar-refractivity contribution in [3.63, 3.8) is 0 Å². The molecule has 1 aromatic heterocycles. The van der Waals surface area contributed by atoms with Crippen molar-refractivity contribution in [1.29, 1.82) is 0 Å². The average Bonchev–Trinajstić information content (AvgIpc) is 2.65. The highest BCUT2D eigenvalue weighted by Gasteiger charge is 2.23. The van der Waals surface area contributed by atoms with Gasteiger partial charge in [0, 0.05) is 13.1 Å². The van der Waals surface area contributed by atoms with Crippen LogP contribution in [0.3, 0.4) is 0 Å². The van der Waals surface area contributed by atoms with Crippen molar-refractivity contribution in [1.82, 2.24) is 9.78 Å². The number of aromatic nitrogens is 2. The number of hydrogen-bond donors (Lipinski definition) is 1. The van der Waals surface area contributed by atoms with Crippen LogP contribution in [0.25, 0.3) is 0 Å². The number of hydrogen-bond acceptors (Lipinski definition) is 5. The lowest BCUT2D eigenvalue weighted by Gasteiger charge is -2.10. The molecule has 0 radical (unpaired) electrons. The van der Waals surface area contributed by atoms with Gasteiger partial charge in [0.25, 0.3) is 0 Å². The lowest BCUT2D eigenvalue weighted by molar-refractivity contribution is 0.413. The fourth-order valence-corrected chi connectivity index (χ4v) is 4.24. The number of benzene rings is 1. The Morgan fingerprint density at radius 1 is 1.43 bits per heavy atom. The summed E-state index contributed by atoms with van der Waals surface area (Å²) in [5.74, 6) is 0.255. The first-order valence-corrected chi connectivity index (χ1v) is 8.55. The topological polar surface area (TPSA) is 87.2 Å². The van der Waals surface area contributed by atoms with Crippen LogP contribution in [-0.4, -0.2) is 25.3 Å².